The van der Waals surface area contributed by atoms with Gasteiger partial charge in [-0.25, -0.2) is 0 Å². The van der Waals surface area contributed by atoms with E-state index >= 15 is 0 Å². The molecule has 0 fully saturated rings. The zero-order valence-corrected chi connectivity index (χ0v) is 13.0. The SMILES string of the molecule is C#Cc1c(C(=O)Cl)cc(-c2ccccc2)cc1-c1ccccc1. The summed E-state index contributed by atoms with van der Waals surface area (Å²) in [7, 11) is 0. The van der Waals surface area contributed by atoms with Crippen LogP contribution in [0.25, 0.3) is 22.3 Å². The number of hydrogen-bond donors (Lipinski definition) is 0. The summed E-state index contributed by atoms with van der Waals surface area (Å²) < 4.78 is 0. The standard InChI is InChI=1S/C21H13ClO/c1-2-18-19(16-11-7-4-8-12-16)13-17(14-20(18)21(22)23)15-9-5-3-6-10-15/h1,3-14H. The van der Waals surface area contributed by atoms with Gasteiger partial charge in [0.15, 0.2) is 0 Å². The Labute approximate surface area is 140 Å². The van der Waals surface area contributed by atoms with Gasteiger partial charge in [-0.05, 0) is 46.0 Å². The summed E-state index contributed by atoms with van der Waals surface area (Å²) >= 11 is 5.77. The molecule has 0 radical (unpaired) electrons. The number of carbonyl (C=O) groups is 1. The number of terminal acetylenes is 1. The monoisotopic (exact) mass is 316 g/mol. The maximum Gasteiger partial charge on any atom is 0.253 e. The average Bonchev–Trinajstić information content (AvgIpc) is 2.62. The van der Waals surface area contributed by atoms with Gasteiger partial charge < -0.3 is 0 Å². The van der Waals surface area contributed by atoms with Gasteiger partial charge in [0.25, 0.3) is 5.24 Å². The summed E-state index contributed by atoms with van der Waals surface area (Å²) in [5.74, 6) is 2.62. The molecule has 0 atom stereocenters. The zero-order valence-electron chi connectivity index (χ0n) is 12.3. The molecule has 110 valence electrons. The van der Waals surface area contributed by atoms with Gasteiger partial charge in [0.05, 0.1) is 5.56 Å². The van der Waals surface area contributed by atoms with E-state index in [0.29, 0.717) is 11.1 Å². The largest absolute Gasteiger partial charge is 0.276 e. The van der Waals surface area contributed by atoms with Crippen molar-refractivity contribution in [3.8, 4) is 34.6 Å². The van der Waals surface area contributed by atoms with Gasteiger partial charge in [0, 0.05) is 5.56 Å². The summed E-state index contributed by atoms with van der Waals surface area (Å²) in [6, 6.07) is 23.3. The Morgan fingerprint density at radius 2 is 1.39 bits per heavy atom. The fourth-order valence-electron chi connectivity index (χ4n) is 2.60. The van der Waals surface area contributed by atoms with Crippen LogP contribution >= 0.6 is 11.6 Å². The van der Waals surface area contributed by atoms with Gasteiger partial charge in [0.2, 0.25) is 0 Å². The van der Waals surface area contributed by atoms with E-state index in [1.807, 2.05) is 66.7 Å². The first-order chi connectivity index (χ1) is 11.2. The molecular formula is C21H13ClO. The van der Waals surface area contributed by atoms with E-state index in [0.717, 1.165) is 22.3 Å². The second-order valence-electron chi connectivity index (χ2n) is 5.10. The van der Waals surface area contributed by atoms with Crippen molar-refractivity contribution in [2.45, 2.75) is 0 Å². The lowest BCUT2D eigenvalue weighted by atomic mass is 9.91. The van der Waals surface area contributed by atoms with Crippen LogP contribution in [0.15, 0.2) is 72.8 Å². The minimum Gasteiger partial charge on any atom is -0.276 e. The zero-order chi connectivity index (χ0) is 16.2. The lowest BCUT2D eigenvalue weighted by Crippen LogP contribution is -1.98. The minimum absolute atomic E-state index is 0.356. The molecule has 0 spiro atoms. The topological polar surface area (TPSA) is 17.1 Å². The van der Waals surface area contributed by atoms with E-state index in [1.54, 1.807) is 6.07 Å². The van der Waals surface area contributed by atoms with Crippen LogP contribution in [-0.2, 0) is 0 Å². The molecule has 0 saturated carbocycles. The minimum atomic E-state index is -0.548. The van der Waals surface area contributed by atoms with E-state index in [-0.39, 0.29) is 0 Å². The Balaban J connectivity index is 2.32. The molecular weight excluding hydrogens is 304 g/mol. The van der Waals surface area contributed by atoms with E-state index < -0.39 is 5.24 Å². The summed E-state index contributed by atoms with van der Waals surface area (Å²) in [4.78, 5) is 11.9. The van der Waals surface area contributed by atoms with Crippen molar-refractivity contribution in [3.05, 3.63) is 83.9 Å². The normalized spacial score (nSPS) is 10.1. The lowest BCUT2D eigenvalue weighted by Gasteiger charge is -2.12. The predicted octanol–water partition coefficient (Wildman–Crippen LogP) is 5.38. The van der Waals surface area contributed by atoms with Crippen molar-refractivity contribution in [2.24, 2.45) is 0 Å². The van der Waals surface area contributed by atoms with Crippen molar-refractivity contribution in [3.63, 3.8) is 0 Å². The highest BCUT2D eigenvalue weighted by atomic mass is 35.5. The van der Waals surface area contributed by atoms with Gasteiger partial charge in [0.1, 0.15) is 0 Å². The first kappa shape index (κ1) is 15.1. The molecule has 0 bridgehead atoms. The summed E-state index contributed by atoms with van der Waals surface area (Å²) in [6.07, 6.45) is 5.65. The molecule has 0 amide bonds. The third-order valence-corrected chi connectivity index (χ3v) is 3.89. The molecule has 1 nitrogen and oxygen atoms in total. The maximum absolute atomic E-state index is 11.9. The number of carbonyl (C=O) groups excluding carboxylic acids is 1. The molecule has 0 N–H and O–H groups in total. The quantitative estimate of drug-likeness (QED) is 0.468. The fourth-order valence-corrected chi connectivity index (χ4v) is 2.74. The van der Waals surface area contributed by atoms with E-state index in [9.17, 15) is 4.79 Å². The molecule has 3 aromatic carbocycles. The second kappa shape index (κ2) is 6.52. The Kier molecular flexibility index (Phi) is 4.28. The molecule has 0 aliphatic carbocycles. The average molecular weight is 317 g/mol. The van der Waals surface area contributed by atoms with Gasteiger partial charge in [-0.15, -0.1) is 6.42 Å². The van der Waals surface area contributed by atoms with Crippen LogP contribution in [-0.4, -0.2) is 5.24 Å². The van der Waals surface area contributed by atoms with Crippen LogP contribution in [0, 0.1) is 12.3 Å². The van der Waals surface area contributed by atoms with Crippen LogP contribution in [0.3, 0.4) is 0 Å². The molecule has 0 aliphatic heterocycles. The Bertz CT molecular complexity index is 890. The van der Waals surface area contributed by atoms with Gasteiger partial charge in [-0.2, -0.15) is 0 Å². The fraction of sp³-hybridized carbons (Fsp3) is 0. The van der Waals surface area contributed by atoms with Crippen LogP contribution in [0.1, 0.15) is 15.9 Å². The third-order valence-electron chi connectivity index (χ3n) is 3.69. The lowest BCUT2D eigenvalue weighted by molar-refractivity contribution is 0.108. The second-order valence-corrected chi connectivity index (χ2v) is 5.44. The van der Waals surface area contributed by atoms with Crippen molar-refractivity contribution in [2.75, 3.05) is 0 Å². The van der Waals surface area contributed by atoms with E-state index in [2.05, 4.69) is 5.92 Å². The molecule has 3 rings (SSSR count). The molecule has 0 aliphatic rings. The number of hydrogen-bond acceptors (Lipinski definition) is 1. The van der Waals surface area contributed by atoms with E-state index in [4.69, 9.17) is 18.0 Å². The third kappa shape index (κ3) is 3.04. The van der Waals surface area contributed by atoms with Crippen LogP contribution < -0.4 is 0 Å². The van der Waals surface area contributed by atoms with Gasteiger partial charge in [-0.1, -0.05) is 66.6 Å². The predicted molar refractivity (Wildman–Crippen MR) is 95.4 cm³/mol. The Hall–Kier alpha value is -2.82. The highest BCUT2D eigenvalue weighted by Crippen LogP contribution is 2.32. The smallest absolute Gasteiger partial charge is 0.253 e. The highest BCUT2D eigenvalue weighted by molar-refractivity contribution is 6.68. The van der Waals surface area contributed by atoms with Crippen LogP contribution in [0.5, 0.6) is 0 Å². The molecule has 23 heavy (non-hydrogen) atoms. The van der Waals surface area contributed by atoms with Crippen LogP contribution in [0.4, 0.5) is 0 Å². The summed E-state index contributed by atoms with van der Waals surface area (Å²) in [5.41, 5.74) is 4.58. The number of rotatable bonds is 3. The van der Waals surface area contributed by atoms with Crippen LogP contribution in [0.2, 0.25) is 0 Å². The van der Waals surface area contributed by atoms with Gasteiger partial charge >= 0.3 is 0 Å². The number of benzene rings is 3. The van der Waals surface area contributed by atoms with Crippen molar-refractivity contribution < 1.29 is 4.79 Å². The molecule has 0 aromatic heterocycles. The van der Waals surface area contributed by atoms with Crippen molar-refractivity contribution in [1.29, 1.82) is 0 Å². The van der Waals surface area contributed by atoms with Crippen molar-refractivity contribution >= 4 is 16.8 Å². The summed E-state index contributed by atoms with van der Waals surface area (Å²) in [6.45, 7) is 0. The van der Waals surface area contributed by atoms with Crippen molar-refractivity contribution in [1.82, 2.24) is 0 Å². The first-order valence-corrected chi connectivity index (χ1v) is 7.54. The highest BCUT2D eigenvalue weighted by Gasteiger charge is 2.16. The van der Waals surface area contributed by atoms with Gasteiger partial charge in [-0.3, -0.25) is 4.79 Å². The molecule has 0 unspecified atom stereocenters. The molecule has 2 heteroatoms. The molecule has 0 heterocycles. The summed E-state index contributed by atoms with van der Waals surface area (Å²) in [5, 5.41) is -0.548. The number of halogens is 1. The Morgan fingerprint density at radius 1 is 0.826 bits per heavy atom. The molecule has 3 aromatic rings. The maximum atomic E-state index is 11.9. The Morgan fingerprint density at radius 3 is 1.91 bits per heavy atom. The molecule has 0 saturated heterocycles. The van der Waals surface area contributed by atoms with E-state index in [1.165, 1.54) is 0 Å². The first-order valence-electron chi connectivity index (χ1n) is 7.16.